The van der Waals surface area contributed by atoms with Gasteiger partial charge in [0.25, 0.3) is 0 Å². The molecule has 0 fully saturated rings. The normalized spacial score (nSPS) is 0. The molecule has 0 bridgehead atoms. The quantitative estimate of drug-likeness (QED) is 0.274. The Balaban J connectivity index is 0. The predicted octanol–water partition coefficient (Wildman–Crippen LogP) is -8.81. The minimum Gasteiger partial charge on any atom is -1.00 e. The summed E-state index contributed by atoms with van der Waals surface area (Å²) in [4.78, 5) is 0. The van der Waals surface area contributed by atoms with E-state index in [1.165, 1.54) is 0 Å². The van der Waals surface area contributed by atoms with Crippen LogP contribution in [0.25, 0.3) is 0 Å². The maximum Gasteiger partial charge on any atom is 2.00 e. The summed E-state index contributed by atoms with van der Waals surface area (Å²) in [6.45, 7) is 0. The molecule has 0 spiro atoms. The van der Waals surface area contributed by atoms with Gasteiger partial charge in [0.15, 0.2) is 0 Å². The van der Waals surface area contributed by atoms with E-state index in [0.717, 1.165) is 0 Å². The van der Waals surface area contributed by atoms with Crippen LogP contribution in [0.15, 0.2) is 0 Å². The first-order valence-electron chi connectivity index (χ1n) is 0. The van der Waals surface area contributed by atoms with Crippen molar-refractivity contribution in [2.24, 2.45) is 0 Å². The fourth-order valence-corrected chi connectivity index (χ4v) is 0. The van der Waals surface area contributed by atoms with Gasteiger partial charge in [-0.05, 0) is 0 Å². The zero-order chi connectivity index (χ0) is 0. The van der Waals surface area contributed by atoms with Crippen LogP contribution in [-0.2, 0) is 0 Å². The maximum absolute atomic E-state index is 0. The van der Waals surface area contributed by atoms with Gasteiger partial charge in [0.1, 0.15) is 0 Å². The first kappa shape index (κ1) is 23.6. The molecule has 0 nitrogen and oxygen atoms in total. The smallest absolute Gasteiger partial charge is 1.00 e. The summed E-state index contributed by atoms with van der Waals surface area (Å²) in [7, 11) is 0. The van der Waals surface area contributed by atoms with Crippen molar-refractivity contribution in [3.05, 3.63) is 0 Å². The third kappa shape index (κ3) is 9.71. The molecule has 10 valence electrons. The Bertz CT molecular complexity index is 16.9. The number of hydrogen-bond donors (Lipinski definition) is 0. The number of rotatable bonds is 0. The van der Waals surface area contributed by atoms with E-state index in [-0.39, 0.29) is 145 Å². The molecule has 0 saturated carbocycles. The van der Waals surface area contributed by atoms with Crippen LogP contribution in [0.3, 0.4) is 0 Å². The Morgan fingerprint density at radius 3 is 1.25 bits per heavy atom. The molecule has 0 rings (SSSR count). The van der Waals surface area contributed by atoms with Gasteiger partial charge in [0.2, 0.25) is 0 Å². The van der Waals surface area contributed by atoms with Crippen LogP contribution in [0, 0.1) is 0 Å². The van der Waals surface area contributed by atoms with Crippen LogP contribution < -0.4 is 99.8 Å². The summed E-state index contributed by atoms with van der Waals surface area (Å²) in [5.74, 6) is 0. The van der Waals surface area contributed by atoms with Crippen LogP contribution in [0.5, 0.6) is 0 Å². The average Bonchev–Trinajstić information content (AvgIpc) is 0. The maximum atomic E-state index is 0. The molecule has 4 heavy (non-hydrogen) atoms. The molecule has 0 amide bonds. The Kier molecular flexibility index (Phi) is 92.4. The number of hydrogen-bond acceptors (Lipinski definition) is 0. The zero-order valence-electron chi connectivity index (χ0n) is 8.71. The van der Waals surface area contributed by atoms with Gasteiger partial charge >= 0.3 is 138 Å². The Morgan fingerprint density at radius 1 is 1.25 bits per heavy atom. The van der Waals surface area contributed by atoms with E-state index in [9.17, 15) is 0 Å². The molecule has 0 aliphatic rings. The van der Waals surface area contributed by atoms with Gasteiger partial charge in [0.05, 0.1) is 0 Å². The molecular formula is H5CaKLiNa. The van der Waals surface area contributed by atoms with Crippen molar-refractivity contribution in [3.8, 4) is 0 Å². The van der Waals surface area contributed by atoms with E-state index in [4.69, 9.17) is 0 Å². The molecule has 0 heterocycles. The van der Waals surface area contributed by atoms with Crippen LogP contribution in [0.2, 0.25) is 0 Å². The minimum atomic E-state index is 0. The van der Waals surface area contributed by atoms with Crippen molar-refractivity contribution in [1.82, 2.24) is 0 Å². The van der Waals surface area contributed by atoms with Gasteiger partial charge in [-0.2, -0.15) is 0 Å². The summed E-state index contributed by atoms with van der Waals surface area (Å²) >= 11 is 0. The van der Waals surface area contributed by atoms with E-state index >= 15 is 0 Å². The molecule has 0 saturated heterocycles. The standard InChI is InChI=1S/Ca.K.Li.Na.5H/q+2;3*+1;5*-1. The van der Waals surface area contributed by atoms with E-state index in [1.54, 1.807) is 0 Å². The molecule has 0 N–H and O–H groups in total. The third-order valence-electron chi connectivity index (χ3n) is 0. The monoisotopic (exact) mass is 114 g/mol. The molecule has 0 aromatic rings. The molecule has 0 aromatic carbocycles. The second-order valence-corrected chi connectivity index (χ2v) is 0. The summed E-state index contributed by atoms with van der Waals surface area (Å²) in [5, 5.41) is 0. The molecule has 0 atom stereocenters. The van der Waals surface area contributed by atoms with Gasteiger partial charge in [-0.3, -0.25) is 0 Å². The summed E-state index contributed by atoms with van der Waals surface area (Å²) in [5.41, 5.74) is 0. The first-order chi connectivity index (χ1) is 0. The molecule has 4 heteroatoms. The summed E-state index contributed by atoms with van der Waals surface area (Å²) in [6.07, 6.45) is 0. The van der Waals surface area contributed by atoms with E-state index in [0.29, 0.717) is 0 Å². The van der Waals surface area contributed by atoms with E-state index < -0.39 is 0 Å². The van der Waals surface area contributed by atoms with Crippen molar-refractivity contribution in [2.75, 3.05) is 0 Å². The minimum absolute atomic E-state index is 0. The second kappa shape index (κ2) is 15.6. The van der Waals surface area contributed by atoms with Crippen molar-refractivity contribution >= 4 is 37.7 Å². The fraction of sp³-hybridized carbons (Fsp3) is 0. The molecule has 0 radical (unpaired) electrons. The molecular weight excluding hydrogens is 109 g/mol. The Labute approximate surface area is 141 Å². The van der Waals surface area contributed by atoms with Crippen molar-refractivity contribution in [3.63, 3.8) is 0 Å². The van der Waals surface area contributed by atoms with E-state index in [2.05, 4.69) is 0 Å². The van der Waals surface area contributed by atoms with Gasteiger partial charge in [-0.25, -0.2) is 0 Å². The molecule has 0 aromatic heterocycles. The predicted molar refractivity (Wildman–Crippen MR) is 11.3 cm³/mol. The zero-order valence-corrected chi connectivity index (χ0v) is 11.0. The molecule has 0 aliphatic heterocycles. The SMILES string of the molecule is [Ca+2].[H-].[H-].[H-].[H-].[H-].[K+].[Li+].[Na+]. The Hall–Kier alpha value is 4.49. The Morgan fingerprint density at radius 2 is 1.25 bits per heavy atom. The van der Waals surface area contributed by atoms with Crippen molar-refractivity contribution in [1.29, 1.82) is 0 Å². The summed E-state index contributed by atoms with van der Waals surface area (Å²) in [6, 6.07) is 0. The molecule has 0 aliphatic carbocycles. The first-order valence-corrected chi connectivity index (χ1v) is 0. The van der Waals surface area contributed by atoms with Gasteiger partial charge in [0, 0.05) is 0 Å². The van der Waals surface area contributed by atoms with Crippen LogP contribution in [0.1, 0.15) is 7.13 Å². The average molecular weight is 114 g/mol. The second-order valence-electron chi connectivity index (χ2n) is 0. The van der Waals surface area contributed by atoms with Gasteiger partial charge < -0.3 is 7.13 Å². The summed E-state index contributed by atoms with van der Waals surface area (Å²) < 4.78 is 0. The van der Waals surface area contributed by atoms with Crippen LogP contribution in [0.4, 0.5) is 0 Å². The third-order valence-corrected chi connectivity index (χ3v) is 0. The van der Waals surface area contributed by atoms with E-state index in [1.807, 2.05) is 0 Å². The van der Waals surface area contributed by atoms with Crippen LogP contribution in [-0.4, -0.2) is 37.7 Å². The van der Waals surface area contributed by atoms with Crippen molar-refractivity contribution in [2.45, 2.75) is 0 Å². The van der Waals surface area contributed by atoms with Crippen LogP contribution >= 0.6 is 0 Å². The van der Waals surface area contributed by atoms with Gasteiger partial charge in [-0.15, -0.1) is 0 Å². The van der Waals surface area contributed by atoms with Crippen molar-refractivity contribution < 1.29 is 107 Å². The van der Waals surface area contributed by atoms with Gasteiger partial charge in [-0.1, -0.05) is 0 Å². The molecule has 0 unspecified atom stereocenters. The largest absolute Gasteiger partial charge is 2.00 e. The topological polar surface area (TPSA) is 0 Å². The fourth-order valence-electron chi connectivity index (χ4n) is 0.